The number of nitrogens with zero attached hydrogens (tertiary/aromatic N) is 5. The van der Waals surface area contributed by atoms with E-state index in [1.54, 1.807) is 25.1 Å². The minimum absolute atomic E-state index is 0.0335. The number of ether oxygens (including phenoxy) is 1. The van der Waals surface area contributed by atoms with Gasteiger partial charge in [-0.25, -0.2) is 13.1 Å². The third kappa shape index (κ3) is 6.11. The second kappa shape index (κ2) is 9.98. The number of aromatic nitrogens is 4. The Morgan fingerprint density at radius 1 is 1.24 bits per heavy atom. The molecule has 0 aliphatic heterocycles. The number of likely N-dealkylation sites (N-methyl/N-ethyl adjacent to an activating group) is 1. The van der Waals surface area contributed by atoms with Crippen molar-refractivity contribution in [2.24, 2.45) is 0 Å². The van der Waals surface area contributed by atoms with Gasteiger partial charge in [0.2, 0.25) is 0 Å². The summed E-state index contributed by atoms with van der Waals surface area (Å²) >= 11 is 6.89. The van der Waals surface area contributed by atoms with Crippen molar-refractivity contribution in [1.29, 1.82) is 0 Å². The fourth-order valence-corrected chi connectivity index (χ4v) is 4.70. The van der Waals surface area contributed by atoms with Gasteiger partial charge in [-0.05, 0) is 26.2 Å². The van der Waals surface area contributed by atoms with Crippen molar-refractivity contribution in [1.82, 2.24) is 24.9 Å². The molecule has 0 saturated heterocycles. The monoisotopic (exact) mass is 537 g/mol. The Labute approximate surface area is 202 Å². The summed E-state index contributed by atoms with van der Waals surface area (Å²) in [6.07, 6.45) is -3.82. The lowest BCUT2D eigenvalue weighted by Crippen LogP contribution is -2.22. The lowest BCUT2D eigenvalue weighted by atomic mass is 10.2. The molecule has 184 valence electrons. The van der Waals surface area contributed by atoms with Crippen molar-refractivity contribution in [2.75, 3.05) is 33.5 Å². The second-order valence-electron chi connectivity index (χ2n) is 7.40. The summed E-state index contributed by atoms with van der Waals surface area (Å²) in [5.41, 5.74) is -1.23. The highest BCUT2D eigenvalue weighted by Gasteiger charge is 2.40. The van der Waals surface area contributed by atoms with Crippen LogP contribution in [-0.4, -0.2) is 72.8 Å². The van der Waals surface area contributed by atoms with Gasteiger partial charge in [-0.2, -0.15) is 18.3 Å². The van der Waals surface area contributed by atoms with Gasteiger partial charge >= 0.3 is 12.1 Å². The van der Waals surface area contributed by atoms with Crippen molar-refractivity contribution in [3.8, 4) is 21.3 Å². The Morgan fingerprint density at radius 3 is 2.53 bits per heavy atom. The van der Waals surface area contributed by atoms with Crippen LogP contribution in [0.15, 0.2) is 29.2 Å². The van der Waals surface area contributed by atoms with Gasteiger partial charge in [-0.3, -0.25) is 4.79 Å². The van der Waals surface area contributed by atoms with Crippen molar-refractivity contribution < 1.29 is 31.1 Å². The number of carbonyl (C=O) groups is 1. The highest BCUT2D eigenvalue weighted by Crippen LogP contribution is 2.41. The molecular weight excluding hydrogens is 519 g/mol. The predicted octanol–water partition coefficient (Wildman–Crippen LogP) is 3.25. The molecule has 0 fully saturated rings. The number of carbonyl (C=O) groups excluding carboxylic acids is 1. The van der Waals surface area contributed by atoms with Crippen molar-refractivity contribution in [3.05, 3.63) is 35.0 Å². The quantitative estimate of drug-likeness (QED) is 0.403. The van der Waals surface area contributed by atoms with Crippen LogP contribution < -0.4 is 0 Å². The summed E-state index contributed by atoms with van der Waals surface area (Å²) in [6.45, 7) is -0.155. The van der Waals surface area contributed by atoms with Crippen molar-refractivity contribution in [2.45, 2.75) is 17.6 Å². The zero-order valence-electron chi connectivity index (χ0n) is 18.1. The Balaban J connectivity index is 1.99. The Kier molecular flexibility index (Phi) is 7.65. The van der Waals surface area contributed by atoms with Crippen LogP contribution in [0.4, 0.5) is 13.2 Å². The van der Waals surface area contributed by atoms with E-state index in [2.05, 4.69) is 15.3 Å². The molecule has 0 atom stereocenters. The van der Waals surface area contributed by atoms with E-state index >= 15 is 0 Å². The van der Waals surface area contributed by atoms with Gasteiger partial charge in [0.25, 0.3) is 0 Å². The Morgan fingerprint density at radius 2 is 1.91 bits per heavy atom. The number of benzene rings is 1. The highest BCUT2D eigenvalue weighted by molar-refractivity contribution is 7.90. The first kappa shape index (κ1) is 26.1. The first-order valence-electron chi connectivity index (χ1n) is 9.55. The normalized spacial score (nSPS) is 12.4. The molecule has 0 bridgehead atoms. The maximum absolute atomic E-state index is 13.4. The molecule has 0 spiro atoms. The van der Waals surface area contributed by atoms with E-state index in [0.29, 0.717) is 12.1 Å². The second-order valence-corrected chi connectivity index (χ2v) is 10.8. The molecule has 15 heteroatoms. The van der Waals surface area contributed by atoms with Crippen LogP contribution in [0, 0.1) is 0 Å². The standard InChI is InChI=1S/C19H19ClF3N5O4S2/c1-27(2)7-8-32-13(29)10-28-15(14(20)16(26-28)19(21,22)23)18-25-24-17(33-18)11-5-4-6-12(9-11)34(3,30)31/h4-6,9H,7-8,10H2,1-3H3. The summed E-state index contributed by atoms with van der Waals surface area (Å²) < 4.78 is 69.8. The number of hydrogen-bond acceptors (Lipinski definition) is 9. The average molecular weight is 538 g/mol. The van der Waals surface area contributed by atoms with Gasteiger partial charge in [0.15, 0.2) is 20.5 Å². The van der Waals surface area contributed by atoms with Crippen LogP contribution in [-0.2, 0) is 32.1 Å². The SMILES string of the molecule is CN(C)CCOC(=O)Cn1nc(C(F)(F)F)c(Cl)c1-c1nnc(-c2cccc(S(C)(=O)=O)c2)s1. The number of esters is 1. The van der Waals surface area contributed by atoms with Crippen molar-refractivity contribution in [3.63, 3.8) is 0 Å². The fourth-order valence-electron chi connectivity index (χ4n) is 2.75. The van der Waals surface area contributed by atoms with Crippen LogP contribution in [0.5, 0.6) is 0 Å². The minimum Gasteiger partial charge on any atom is -0.463 e. The lowest BCUT2D eigenvalue weighted by molar-refractivity contribution is -0.146. The van der Waals surface area contributed by atoms with Crippen LogP contribution in [0.1, 0.15) is 5.69 Å². The number of sulfone groups is 1. The molecule has 0 saturated carbocycles. The number of hydrogen-bond donors (Lipinski definition) is 0. The molecule has 34 heavy (non-hydrogen) atoms. The predicted molar refractivity (Wildman–Crippen MR) is 119 cm³/mol. The number of alkyl halides is 3. The van der Waals surface area contributed by atoms with E-state index in [4.69, 9.17) is 16.3 Å². The third-order valence-corrected chi connectivity index (χ3v) is 6.83. The third-order valence-electron chi connectivity index (χ3n) is 4.38. The Bertz CT molecular complexity index is 1310. The van der Waals surface area contributed by atoms with Gasteiger partial charge < -0.3 is 9.64 Å². The van der Waals surface area contributed by atoms with Crippen LogP contribution in [0.2, 0.25) is 5.02 Å². The number of halogens is 4. The zero-order chi connectivity index (χ0) is 25.3. The average Bonchev–Trinajstić information content (AvgIpc) is 3.31. The van der Waals surface area contributed by atoms with Crippen LogP contribution >= 0.6 is 22.9 Å². The van der Waals surface area contributed by atoms with E-state index in [1.165, 1.54) is 18.2 Å². The molecule has 0 N–H and O–H groups in total. The Hall–Kier alpha value is -2.55. The van der Waals surface area contributed by atoms with Crippen molar-refractivity contribution >= 4 is 38.7 Å². The molecule has 0 unspecified atom stereocenters. The lowest BCUT2D eigenvalue weighted by Gasteiger charge is -2.10. The molecule has 0 radical (unpaired) electrons. The molecule has 2 aromatic heterocycles. The van der Waals surface area contributed by atoms with E-state index < -0.39 is 39.2 Å². The summed E-state index contributed by atoms with van der Waals surface area (Å²) in [4.78, 5) is 14.0. The van der Waals surface area contributed by atoms with E-state index in [-0.39, 0.29) is 27.2 Å². The summed E-state index contributed by atoms with van der Waals surface area (Å²) in [6, 6.07) is 5.88. The van der Waals surface area contributed by atoms with E-state index in [0.717, 1.165) is 22.3 Å². The zero-order valence-corrected chi connectivity index (χ0v) is 20.5. The van der Waals surface area contributed by atoms with Gasteiger partial charge in [0.1, 0.15) is 28.9 Å². The van der Waals surface area contributed by atoms with Crippen LogP contribution in [0.3, 0.4) is 0 Å². The summed E-state index contributed by atoms with van der Waals surface area (Å²) in [5, 5.41) is 10.8. The largest absolute Gasteiger partial charge is 0.463 e. The van der Waals surface area contributed by atoms with Gasteiger partial charge in [-0.1, -0.05) is 35.1 Å². The number of rotatable bonds is 8. The molecule has 2 heterocycles. The molecule has 3 aromatic rings. The first-order chi connectivity index (χ1) is 15.8. The minimum atomic E-state index is -4.87. The molecule has 1 aromatic carbocycles. The molecular formula is C19H19ClF3N5O4S2. The smallest absolute Gasteiger partial charge is 0.436 e. The van der Waals surface area contributed by atoms with Crippen LogP contribution in [0.25, 0.3) is 21.3 Å². The molecule has 0 amide bonds. The van der Waals surface area contributed by atoms with Gasteiger partial charge in [-0.15, -0.1) is 10.2 Å². The van der Waals surface area contributed by atoms with E-state index in [9.17, 15) is 26.4 Å². The van der Waals surface area contributed by atoms with Gasteiger partial charge in [0.05, 0.1) is 4.90 Å². The summed E-state index contributed by atoms with van der Waals surface area (Å²) in [7, 11) is 0.0526. The molecule has 0 aliphatic carbocycles. The summed E-state index contributed by atoms with van der Waals surface area (Å²) in [5.74, 6) is -0.804. The maximum Gasteiger partial charge on any atom is 0.436 e. The van der Waals surface area contributed by atoms with Gasteiger partial charge in [0, 0.05) is 18.4 Å². The molecule has 9 nitrogen and oxygen atoms in total. The highest BCUT2D eigenvalue weighted by atomic mass is 35.5. The molecule has 3 rings (SSSR count). The molecule has 0 aliphatic rings. The maximum atomic E-state index is 13.4. The first-order valence-corrected chi connectivity index (χ1v) is 12.6. The van der Waals surface area contributed by atoms with E-state index in [1.807, 2.05) is 0 Å². The fraction of sp³-hybridized carbons (Fsp3) is 0.368. The topological polar surface area (TPSA) is 107 Å².